The Bertz CT molecular complexity index is 583. The van der Waals surface area contributed by atoms with E-state index in [1.54, 1.807) is 0 Å². The van der Waals surface area contributed by atoms with Crippen molar-refractivity contribution in [2.45, 2.75) is 45.2 Å². The lowest BCUT2D eigenvalue weighted by molar-refractivity contribution is -0.135. The van der Waals surface area contributed by atoms with Crippen LogP contribution in [0.3, 0.4) is 0 Å². The molecule has 2 N–H and O–H groups in total. The van der Waals surface area contributed by atoms with Gasteiger partial charge in [0.2, 0.25) is 5.91 Å². The zero-order valence-corrected chi connectivity index (χ0v) is 15.7. The lowest BCUT2D eigenvalue weighted by Crippen LogP contribution is -2.50. The molecule has 2 atom stereocenters. The highest BCUT2D eigenvalue weighted by Gasteiger charge is 2.27. The number of likely N-dealkylation sites (tertiary alicyclic amines) is 1. The van der Waals surface area contributed by atoms with E-state index in [9.17, 15) is 4.79 Å². The van der Waals surface area contributed by atoms with E-state index in [0.717, 1.165) is 52.1 Å². The molecule has 138 valence electrons. The van der Waals surface area contributed by atoms with Crippen molar-refractivity contribution in [2.75, 3.05) is 44.2 Å². The monoisotopic (exact) mass is 344 g/mol. The van der Waals surface area contributed by atoms with Gasteiger partial charge in [-0.2, -0.15) is 0 Å². The van der Waals surface area contributed by atoms with E-state index < -0.39 is 0 Å². The molecule has 2 aliphatic rings. The average molecular weight is 345 g/mol. The average Bonchev–Trinajstić information content (AvgIpc) is 2.60. The molecule has 1 amide bonds. The van der Waals surface area contributed by atoms with Gasteiger partial charge in [0.15, 0.2) is 0 Å². The lowest BCUT2D eigenvalue weighted by atomic mass is 9.99. The first-order chi connectivity index (χ1) is 12.0. The highest BCUT2D eigenvalue weighted by Crippen LogP contribution is 2.19. The molecule has 1 aromatic rings. The molecule has 3 rings (SSSR count). The predicted octanol–water partition coefficient (Wildman–Crippen LogP) is 1.85. The van der Waals surface area contributed by atoms with E-state index >= 15 is 0 Å². The van der Waals surface area contributed by atoms with Gasteiger partial charge in [0.25, 0.3) is 0 Å². The van der Waals surface area contributed by atoms with Gasteiger partial charge in [-0.15, -0.1) is 0 Å². The number of nitrogens with two attached hydrogens (primary N) is 1. The molecule has 5 nitrogen and oxygen atoms in total. The number of anilines is 1. The first-order valence-corrected chi connectivity index (χ1v) is 9.62. The number of aryl methyl sites for hydroxylation is 1. The largest absolute Gasteiger partial charge is 0.369 e. The number of nitrogens with zero attached hydrogens (tertiary/aromatic N) is 3. The van der Waals surface area contributed by atoms with Gasteiger partial charge in [-0.1, -0.05) is 12.1 Å². The summed E-state index contributed by atoms with van der Waals surface area (Å²) in [5.74, 6) is 0.292. The molecule has 0 aromatic heterocycles. The maximum Gasteiger partial charge on any atom is 0.224 e. The Morgan fingerprint density at radius 1 is 1.20 bits per heavy atom. The third-order valence-electron chi connectivity index (χ3n) is 5.62. The Labute approximate surface area is 151 Å². The third kappa shape index (κ3) is 4.73. The number of amides is 1. The predicted molar refractivity (Wildman–Crippen MR) is 103 cm³/mol. The molecule has 0 radical (unpaired) electrons. The van der Waals surface area contributed by atoms with Crippen LogP contribution in [-0.4, -0.2) is 67.1 Å². The molecule has 5 heteroatoms. The zero-order valence-electron chi connectivity index (χ0n) is 15.7. The van der Waals surface area contributed by atoms with Crippen molar-refractivity contribution < 1.29 is 4.79 Å². The smallest absolute Gasteiger partial charge is 0.224 e. The molecule has 0 unspecified atom stereocenters. The van der Waals surface area contributed by atoms with Gasteiger partial charge in [0.1, 0.15) is 0 Å². The van der Waals surface area contributed by atoms with Crippen LogP contribution in [-0.2, 0) is 4.79 Å². The number of carbonyl (C=O) groups excluding carboxylic acids is 1. The molecular formula is C20H32N4O. The number of carbonyl (C=O) groups is 1. The summed E-state index contributed by atoms with van der Waals surface area (Å²) < 4.78 is 0. The first-order valence-electron chi connectivity index (χ1n) is 9.62. The number of piperazine rings is 1. The minimum atomic E-state index is 0.258. The van der Waals surface area contributed by atoms with E-state index in [1.165, 1.54) is 11.3 Å². The second kappa shape index (κ2) is 8.19. The molecule has 2 saturated heterocycles. The molecule has 0 bridgehead atoms. The van der Waals surface area contributed by atoms with Crippen molar-refractivity contribution in [1.82, 2.24) is 9.80 Å². The van der Waals surface area contributed by atoms with Gasteiger partial charge in [0, 0.05) is 63.5 Å². The fraction of sp³-hybridized carbons (Fsp3) is 0.650. The Kier molecular flexibility index (Phi) is 5.97. The lowest BCUT2D eigenvalue weighted by Gasteiger charge is -2.38. The third-order valence-corrected chi connectivity index (χ3v) is 5.62. The van der Waals surface area contributed by atoms with Gasteiger partial charge in [-0.05, 0) is 44.4 Å². The second-order valence-electron chi connectivity index (χ2n) is 7.64. The second-order valence-corrected chi connectivity index (χ2v) is 7.64. The molecule has 1 aromatic carbocycles. The van der Waals surface area contributed by atoms with Crippen LogP contribution in [0.4, 0.5) is 5.69 Å². The molecule has 0 spiro atoms. The van der Waals surface area contributed by atoms with E-state index in [4.69, 9.17) is 5.73 Å². The van der Waals surface area contributed by atoms with Crippen LogP contribution in [0.5, 0.6) is 0 Å². The number of hydrogen-bond acceptors (Lipinski definition) is 4. The Balaban J connectivity index is 1.42. The summed E-state index contributed by atoms with van der Waals surface area (Å²) in [4.78, 5) is 19.4. The van der Waals surface area contributed by atoms with Crippen molar-refractivity contribution in [1.29, 1.82) is 0 Å². The molecule has 0 aliphatic carbocycles. The van der Waals surface area contributed by atoms with Gasteiger partial charge in [-0.3, -0.25) is 9.69 Å². The molecule has 25 heavy (non-hydrogen) atoms. The molecule has 2 fully saturated rings. The van der Waals surface area contributed by atoms with E-state index in [1.807, 2.05) is 4.90 Å². The Hall–Kier alpha value is -1.59. The SMILES string of the molecule is Cc1cccc(N2CCN(CCC(=O)N3CC[C@@H](N)C[C@H]3C)CC2)c1. The molecular weight excluding hydrogens is 312 g/mol. The van der Waals surface area contributed by atoms with Crippen LogP contribution in [0.25, 0.3) is 0 Å². The fourth-order valence-electron chi connectivity index (χ4n) is 4.03. The summed E-state index contributed by atoms with van der Waals surface area (Å²) in [6.07, 6.45) is 2.50. The Morgan fingerprint density at radius 2 is 1.96 bits per heavy atom. The van der Waals surface area contributed by atoms with Crippen LogP contribution >= 0.6 is 0 Å². The van der Waals surface area contributed by atoms with Gasteiger partial charge in [0.05, 0.1) is 0 Å². The number of hydrogen-bond donors (Lipinski definition) is 1. The van der Waals surface area contributed by atoms with E-state index in [0.29, 0.717) is 12.3 Å². The van der Waals surface area contributed by atoms with Crippen LogP contribution in [0.15, 0.2) is 24.3 Å². The number of rotatable bonds is 4. The van der Waals surface area contributed by atoms with Crippen molar-refractivity contribution >= 4 is 11.6 Å². The van der Waals surface area contributed by atoms with E-state index in [-0.39, 0.29) is 12.1 Å². The van der Waals surface area contributed by atoms with Crippen LogP contribution < -0.4 is 10.6 Å². The van der Waals surface area contributed by atoms with Gasteiger partial charge < -0.3 is 15.5 Å². The summed E-state index contributed by atoms with van der Waals surface area (Å²) in [5, 5.41) is 0. The summed E-state index contributed by atoms with van der Waals surface area (Å²) in [6.45, 7) is 10.1. The quantitative estimate of drug-likeness (QED) is 0.906. The molecule has 0 saturated carbocycles. The standard InChI is InChI=1S/C20H32N4O/c1-16-4-3-5-19(14-16)23-12-10-22(11-13-23)8-7-20(25)24-9-6-18(21)15-17(24)2/h3-5,14,17-18H,6-13,15,21H2,1-2H3/t17-,18-/m1/s1. The zero-order chi connectivity index (χ0) is 17.8. The normalized spacial score (nSPS) is 25.2. The van der Waals surface area contributed by atoms with Crippen LogP contribution in [0.2, 0.25) is 0 Å². The van der Waals surface area contributed by atoms with Crippen LogP contribution in [0.1, 0.15) is 31.7 Å². The summed E-state index contributed by atoms with van der Waals surface area (Å²) in [5.41, 5.74) is 8.62. The first kappa shape index (κ1) is 18.2. The maximum atomic E-state index is 12.5. The van der Waals surface area contributed by atoms with Gasteiger partial charge >= 0.3 is 0 Å². The van der Waals surface area contributed by atoms with Crippen molar-refractivity contribution in [3.05, 3.63) is 29.8 Å². The highest BCUT2D eigenvalue weighted by molar-refractivity contribution is 5.76. The summed E-state index contributed by atoms with van der Waals surface area (Å²) in [7, 11) is 0. The number of piperidine rings is 1. The molecule has 2 heterocycles. The minimum absolute atomic E-state index is 0.258. The highest BCUT2D eigenvalue weighted by atomic mass is 16.2. The van der Waals surface area contributed by atoms with Gasteiger partial charge in [-0.25, -0.2) is 0 Å². The van der Waals surface area contributed by atoms with E-state index in [2.05, 4.69) is 47.9 Å². The fourth-order valence-corrected chi connectivity index (χ4v) is 4.03. The summed E-state index contributed by atoms with van der Waals surface area (Å²) in [6, 6.07) is 9.25. The van der Waals surface area contributed by atoms with Crippen molar-refractivity contribution in [2.24, 2.45) is 5.73 Å². The topological polar surface area (TPSA) is 52.8 Å². The van der Waals surface area contributed by atoms with Crippen molar-refractivity contribution in [3.8, 4) is 0 Å². The van der Waals surface area contributed by atoms with Crippen LogP contribution in [0, 0.1) is 6.92 Å². The minimum Gasteiger partial charge on any atom is -0.369 e. The number of benzene rings is 1. The maximum absolute atomic E-state index is 12.5. The molecule has 2 aliphatic heterocycles. The van der Waals surface area contributed by atoms with Crippen molar-refractivity contribution in [3.63, 3.8) is 0 Å². The summed E-state index contributed by atoms with van der Waals surface area (Å²) >= 11 is 0. The Morgan fingerprint density at radius 3 is 2.64 bits per heavy atom.